The molecule has 8 nitrogen and oxygen atoms in total. The Morgan fingerprint density at radius 1 is 1.53 bits per heavy atom. The first-order chi connectivity index (χ1) is 7.90. The van der Waals surface area contributed by atoms with E-state index in [-0.39, 0.29) is 15.4 Å². The van der Waals surface area contributed by atoms with Crippen LogP contribution >= 0.6 is 15.9 Å². The molecule has 2 aromatic heterocycles. The molecule has 0 aliphatic heterocycles. The molecule has 0 radical (unpaired) electrons. The summed E-state index contributed by atoms with van der Waals surface area (Å²) in [5.74, 6) is 0.218. The van der Waals surface area contributed by atoms with Gasteiger partial charge in [0.2, 0.25) is 5.03 Å². The number of halogens is 1. The number of nitrogens with one attached hydrogen (secondary N) is 2. The summed E-state index contributed by atoms with van der Waals surface area (Å²) in [6.45, 7) is 1.77. The lowest BCUT2D eigenvalue weighted by atomic mass is 10.5. The van der Waals surface area contributed by atoms with E-state index < -0.39 is 10.0 Å². The van der Waals surface area contributed by atoms with Crippen LogP contribution in [0.25, 0.3) is 0 Å². The van der Waals surface area contributed by atoms with Crippen LogP contribution in [0.1, 0.15) is 5.69 Å². The van der Waals surface area contributed by atoms with E-state index in [1.54, 1.807) is 13.0 Å². The van der Waals surface area contributed by atoms with Crippen LogP contribution in [0, 0.1) is 6.92 Å². The normalized spacial score (nSPS) is 11.7. The van der Waals surface area contributed by atoms with Crippen molar-refractivity contribution >= 4 is 31.8 Å². The minimum absolute atomic E-state index is 0.0573. The lowest BCUT2D eigenvalue weighted by Crippen LogP contribution is -2.17. The van der Waals surface area contributed by atoms with Crippen LogP contribution in [-0.2, 0) is 17.1 Å². The van der Waals surface area contributed by atoms with Gasteiger partial charge in [-0.15, -0.1) is 5.10 Å². The molecule has 2 heterocycles. The lowest BCUT2D eigenvalue weighted by molar-refractivity contribution is 0.578. The topological polar surface area (TPSA) is 106 Å². The van der Waals surface area contributed by atoms with E-state index in [4.69, 9.17) is 0 Å². The fourth-order valence-electron chi connectivity index (χ4n) is 1.26. The molecule has 92 valence electrons. The number of aromatic nitrogens is 5. The molecule has 0 bridgehead atoms. The number of H-pyrrole nitrogens is 1. The average Bonchev–Trinajstić information content (AvgIpc) is 2.73. The number of anilines is 1. The molecule has 17 heavy (non-hydrogen) atoms. The van der Waals surface area contributed by atoms with E-state index in [0.717, 1.165) is 10.4 Å². The molecule has 0 amide bonds. The van der Waals surface area contributed by atoms with Gasteiger partial charge < -0.3 is 0 Å². The Balaban J connectivity index is 2.38. The van der Waals surface area contributed by atoms with Gasteiger partial charge >= 0.3 is 0 Å². The summed E-state index contributed by atoms with van der Waals surface area (Å²) in [6, 6.07) is 1.58. The molecule has 2 N–H and O–H groups in total. The molecule has 0 spiro atoms. The van der Waals surface area contributed by atoms with Crippen molar-refractivity contribution < 1.29 is 8.42 Å². The molecular formula is C7H9BrN6O2S. The van der Waals surface area contributed by atoms with E-state index >= 15 is 0 Å². The Bertz CT molecular complexity index is 626. The zero-order valence-corrected chi connectivity index (χ0v) is 11.4. The second-order valence-corrected chi connectivity index (χ2v) is 5.70. The fraction of sp³-hybridized carbons (Fsp3) is 0.286. The monoisotopic (exact) mass is 320 g/mol. The Labute approximate surface area is 106 Å². The Hall–Kier alpha value is -1.42. The molecule has 2 aromatic rings. The molecule has 0 aliphatic rings. The smallest absolute Gasteiger partial charge is 0.281 e. The van der Waals surface area contributed by atoms with Crippen LogP contribution in [0.15, 0.2) is 15.7 Å². The van der Waals surface area contributed by atoms with Gasteiger partial charge in [-0.2, -0.15) is 13.5 Å². The van der Waals surface area contributed by atoms with Crippen LogP contribution in [0.3, 0.4) is 0 Å². The maximum Gasteiger partial charge on any atom is 0.283 e. The van der Waals surface area contributed by atoms with Gasteiger partial charge in [-0.1, -0.05) is 5.21 Å². The Morgan fingerprint density at radius 2 is 2.24 bits per heavy atom. The number of nitrogens with zero attached hydrogens (tertiary/aromatic N) is 4. The molecule has 0 atom stereocenters. The maximum absolute atomic E-state index is 12.0. The van der Waals surface area contributed by atoms with Gasteiger partial charge in [0, 0.05) is 18.8 Å². The molecule has 0 aromatic carbocycles. The fourth-order valence-corrected chi connectivity index (χ4v) is 3.35. The van der Waals surface area contributed by atoms with Crippen LogP contribution in [0.2, 0.25) is 0 Å². The number of rotatable bonds is 3. The number of aromatic amines is 1. The van der Waals surface area contributed by atoms with Crippen molar-refractivity contribution in [1.82, 2.24) is 25.2 Å². The van der Waals surface area contributed by atoms with Gasteiger partial charge in [-0.25, -0.2) is 4.68 Å². The molecule has 2 rings (SSSR count). The van der Waals surface area contributed by atoms with Gasteiger partial charge in [0.25, 0.3) is 10.0 Å². The predicted octanol–water partition coefficient (Wildman–Crippen LogP) is 0.410. The minimum atomic E-state index is -3.76. The highest BCUT2D eigenvalue weighted by Crippen LogP contribution is 2.20. The molecule has 0 unspecified atom stereocenters. The zero-order chi connectivity index (χ0) is 12.6. The van der Waals surface area contributed by atoms with E-state index in [0.29, 0.717) is 0 Å². The highest BCUT2D eigenvalue weighted by molar-refractivity contribution is 9.10. The SMILES string of the molecule is Cc1cc(NS(=O)(=O)c2c(Br)nnn2C)n[nH]1. The van der Waals surface area contributed by atoms with E-state index in [2.05, 4.69) is 41.2 Å². The van der Waals surface area contributed by atoms with Crippen molar-refractivity contribution in [3.63, 3.8) is 0 Å². The van der Waals surface area contributed by atoms with Crippen LogP contribution < -0.4 is 4.72 Å². The van der Waals surface area contributed by atoms with Gasteiger partial charge in [0.1, 0.15) is 0 Å². The second kappa shape index (κ2) is 4.11. The van der Waals surface area contributed by atoms with Crippen molar-refractivity contribution in [2.45, 2.75) is 11.9 Å². The summed E-state index contributed by atoms with van der Waals surface area (Å²) in [6.07, 6.45) is 0. The van der Waals surface area contributed by atoms with Crippen molar-refractivity contribution in [2.24, 2.45) is 7.05 Å². The van der Waals surface area contributed by atoms with E-state index in [9.17, 15) is 8.42 Å². The van der Waals surface area contributed by atoms with Gasteiger partial charge in [0.05, 0.1) is 0 Å². The first-order valence-electron chi connectivity index (χ1n) is 4.50. The van der Waals surface area contributed by atoms with Crippen molar-refractivity contribution in [1.29, 1.82) is 0 Å². The summed E-state index contributed by atoms with van der Waals surface area (Å²) in [5.41, 5.74) is 0.755. The quantitative estimate of drug-likeness (QED) is 0.852. The van der Waals surface area contributed by atoms with Crippen molar-refractivity contribution in [3.05, 3.63) is 16.4 Å². The summed E-state index contributed by atoms with van der Waals surface area (Å²) < 4.78 is 27.7. The third-order valence-electron chi connectivity index (χ3n) is 1.94. The van der Waals surface area contributed by atoms with Crippen LogP contribution in [0.4, 0.5) is 5.82 Å². The molecule has 0 saturated heterocycles. The van der Waals surface area contributed by atoms with Crippen LogP contribution in [-0.4, -0.2) is 33.6 Å². The summed E-state index contributed by atoms with van der Waals surface area (Å²) in [4.78, 5) is 0. The van der Waals surface area contributed by atoms with Crippen molar-refractivity contribution in [3.8, 4) is 0 Å². The third-order valence-corrected chi connectivity index (χ3v) is 4.18. The van der Waals surface area contributed by atoms with Gasteiger partial charge in [-0.3, -0.25) is 9.82 Å². The van der Waals surface area contributed by atoms with Gasteiger partial charge in [0.15, 0.2) is 10.4 Å². The molecular weight excluding hydrogens is 312 g/mol. The number of hydrogen-bond donors (Lipinski definition) is 2. The number of aryl methyl sites for hydroxylation is 2. The Kier molecular flexibility index (Phi) is 2.91. The zero-order valence-electron chi connectivity index (χ0n) is 8.97. The summed E-state index contributed by atoms with van der Waals surface area (Å²) in [5, 5.41) is 13.6. The third kappa shape index (κ3) is 2.31. The van der Waals surface area contributed by atoms with E-state index in [1.807, 2.05) is 0 Å². The lowest BCUT2D eigenvalue weighted by Gasteiger charge is -2.04. The first kappa shape index (κ1) is 12.0. The molecule has 0 saturated carbocycles. The molecule has 10 heteroatoms. The summed E-state index contributed by atoms with van der Waals surface area (Å²) in [7, 11) is -2.27. The maximum atomic E-state index is 12.0. The second-order valence-electron chi connectivity index (χ2n) is 3.35. The molecule has 0 fully saturated rings. The van der Waals surface area contributed by atoms with Crippen molar-refractivity contribution in [2.75, 3.05) is 4.72 Å². The standard InChI is InChI=1S/C7H9BrN6O2S/c1-4-3-5(10-9-4)12-17(15,16)7-6(8)11-13-14(7)2/h3H,1-2H3,(H2,9,10,12). The largest absolute Gasteiger partial charge is 0.283 e. The highest BCUT2D eigenvalue weighted by atomic mass is 79.9. The Morgan fingerprint density at radius 3 is 2.71 bits per heavy atom. The summed E-state index contributed by atoms with van der Waals surface area (Å²) >= 11 is 3.03. The van der Waals surface area contributed by atoms with E-state index in [1.165, 1.54) is 7.05 Å². The predicted molar refractivity (Wildman–Crippen MR) is 62.8 cm³/mol. The molecule has 0 aliphatic carbocycles. The first-order valence-corrected chi connectivity index (χ1v) is 6.78. The highest BCUT2D eigenvalue weighted by Gasteiger charge is 2.24. The van der Waals surface area contributed by atoms with Gasteiger partial charge in [-0.05, 0) is 22.9 Å². The average molecular weight is 321 g/mol. The number of hydrogen-bond acceptors (Lipinski definition) is 5. The number of sulfonamides is 1. The van der Waals surface area contributed by atoms with Crippen LogP contribution in [0.5, 0.6) is 0 Å². The minimum Gasteiger partial charge on any atom is -0.281 e.